The molecule has 2 aromatic heterocycles. The van der Waals surface area contributed by atoms with Crippen LogP contribution in [0.2, 0.25) is 0 Å². The second kappa shape index (κ2) is 7.82. The number of piperidine rings is 1. The topological polar surface area (TPSA) is 46.8 Å². The molecule has 0 amide bonds. The third-order valence-corrected chi connectivity index (χ3v) is 7.15. The van der Waals surface area contributed by atoms with Crippen LogP contribution in [-0.4, -0.2) is 44.5 Å². The summed E-state index contributed by atoms with van der Waals surface area (Å²) in [7, 11) is 1.94. The molecule has 5 nitrogen and oxygen atoms in total. The van der Waals surface area contributed by atoms with E-state index in [4.69, 9.17) is 0 Å². The summed E-state index contributed by atoms with van der Waals surface area (Å²) < 4.78 is 1.83. The molecule has 1 aliphatic carbocycles. The van der Waals surface area contributed by atoms with Crippen LogP contribution >= 0.6 is 0 Å². The zero-order valence-electron chi connectivity index (χ0n) is 18.9. The van der Waals surface area contributed by atoms with Crippen molar-refractivity contribution in [1.29, 1.82) is 0 Å². The summed E-state index contributed by atoms with van der Waals surface area (Å²) in [6, 6.07) is 4.25. The Morgan fingerprint density at radius 2 is 1.90 bits per heavy atom. The van der Waals surface area contributed by atoms with Crippen LogP contribution in [0.15, 0.2) is 18.3 Å². The van der Waals surface area contributed by atoms with E-state index >= 15 is 0 Å². The van der Waals surface area contributed by atoms with Gasteiger partial charge in [-0.05, 0) is 94.0 Å². The second-order valence-corrected chi connectivity index (χ2v) is 10.7. The second-order valence-electron chi connectivity index (χ2n) is 10.7. The third-order valence-electron chi connectivity index (χ3n) is 7.15. The fourth-order valence-corrected chi connectivity index (χ4v) is 4.98. The molecule has 5 heteroatoms. The van der Waals surface area contributed by atoms with Crippen molar-refractivity contribution in [3.63, 3.8) is 0 Å². The largest absolute Gasteiger partial charge is 0.303 e. The van der Waals surface area contributed by atoms with Crippen LogP contribution in [0.4, 0.5) is 0 Å². The number of rotatable bonds is 6. The van der Waals surface area contributed by atoms with Gasteiger partial charge in [-0.1, -0.05) is 20.8 Å². The van der Waals surface area contributed by atoms with Crippen LogP contribution < -0.4 is 0 Å². The fraction of sp³-hybridized carbons (Fsp3) is 0.708. The molecule has 1 unspecified atom stereocenters. The van der Waals surface area contributed by atoms with Gasteiger partial charge in [-0.3, -0.25) is 4.68 Å². The summed E-state index contributed by atoms with van der Waals surface area (Å²) >= 11 is 0. The first-order valence-electron chi connectivity index (χ1n) is 11.3. The van der Waals surface area contributed by atoms with E-state index < -0.39 is 0 Å². The van der Waals surface area contributed by atoms with Gasteiger partial charge in [0.2, 0.25) is 0 Å². The minimum Gasteiger partial charge on any atom is -0.303 e. The van der Waals surface area contributed by atoms with E-state index in [2.05, 4.69) is 53.1 Å². The molecule has 158 valence electrons. The highest BCUT2D eigenvalue weighted by Gasteiger charge is 2.53. The van der Waals surface area contributed by atoms with Gasteiger partial charge >= 0.3 is 0 Å². The number of aryl methyl sites for hydroxylation is 3. The zero-order chi connectivity index (χ0) is 20.6. The van der Waals surface area contributed by atoms with E-state index in [1.807, 2.05) is 24.9 Å². The van der Waals surface area contributed by atoms with Crippen molar-refractivity contribution in [2.45, 2.75) is 66.2 Å². The summed E-state index contributed by atoms with van der Waals surface area (Å²) in [5, 5.41) is 13.4. The molecule has 3 heterocycles. The van der Waals surface area contributed by atoms with E-state index in [1.54, 1.807) is 0 Å². The predicted octanol–water partition coefficient (Wildman–Crippen LogP) is 4.66. The van der Waals surface area contributed by atoms with Crippen LogP contribution in [0.3, 0.4) is 0 Å². The highest BCUT2D eigenvalue weighted by atomic mass is 15.3. The highest BCUT2D eigenvalue weighted by Crippen LogP contribution is 2.61. The van der Waals surface area contributed by atoms with Gasteiger partial charge in [-0.25, -0.2) is 0 Å². The lowest BCUT2D eigenvalue weighted by molar-refractivity contribution is 0.145. The Labute approximate surface area is 175 Å². The first-order chi connectivity index (χ1) is 13.7. The van der Waals surface area contributed by atoms with Gasteiger partial charge in [0.05, 0.1) is 17.1 Å². The SMILES string of the molecule is Cc1nn(C)cc1-c1ccc(CCC2CC23CCN(CCC(C)(C)C)CC3)nn1. The van der Waals surface area contributed by atoms with E-state index in [1.165, 1.54) is 51.7 Å². The number of nitrogens with zero attached hydrogens (tertiary/aromatic N) is 5. The minimum atomic E-state index is 0.448. The fourth-order valence-electron chi connectivity index (χ4n) is 4.98. The maximum atomic E-state index is 4.50. The molecule has 1 atom stereocenters. The van der Waals surface area contributed by atoms with Crippen molar-refractivity contribution in [3.05, 3.63) is 29.7 Å². The summed E-state index contributed by atoms with van der Waals surface area (Å²) in [6.07, 6.45) is 9.86. The van der Waals surface area contributed by atoms with Gasteiger partial charge in [0.15, 0.2) is 0 Å². The lowest BCUT2D eigenvalue weighted by Crippen LogP contribution is -2.37. The molecule has 1 aliphatic heterocycles. The predicted molar refractivity (Wildman–Crippen MR) is 118 cm³/mol. The Bertz CT molecular complexity index is 822. The first kappa shape index (κ1) is 20.5. The maximum Gasteiger partial charge on any atom is 0.0964 e. The molecule has 0 bridgehead atoms. The van der Waals surface area contributed by atoms with Crippen LogP contribution in [0.5, 0.6) is 0 Å². The molecule has 2 aromatic rings. The Hall–Kier alpha value is -1.75. The summed E-state index contributed by atoms with van der Waals surface area (Å²) in [4.78, 5) is 2.69. The van der Waals surface area contributed by atoms with Gasteiger partial charge in [-0.15, -0.1) is 0 Å². The molecular weight excluding hydrogens is 358 g/mol. The zero-order valence-corrected chi connectivity index (χ0v) is 18.9. The molecule has 0 N–H and O–H groups in total. The standard InChI is InChI=1S/C24H37N5/c1-18-21(17-28(5)27-18)22-9-8-20(25-26-22)7-6-19-16-24(19)11-14-29(15-12-24)13-10-23(2,3)4/h8-9,17,19H,6-7,10-16H2,1-5H3. The molecule has 0 aromatic carbocycles. The van der Waals surface area contributed by atoms with Gasteiger partial charge < -0.3 is 4.90 Å². The number of likely N-dealkylation sites (tertiary alicyclic amines) is 1. The van der Waals surface area contributed by atoms with Crippen molar-refractivity contribution in [1.82, 2.24) is 24.9 Å². The van der Waals surface area contributed by atoms with Crippen LogP contribution in [0, 0.1) is 23.7 Å². The summed E-state index contributed by atoms with van der Waals surface area (Å²) in [5.74, 6) is 0.898. The van der Waals surface area contributed by atoms with Gasteiger partial charge in [0.1, 0.15) is 0 Å². The molecule has 4 rings (SSSR count). The highest BCUT2D eigenvalue weighted by molar-refractivity contribution is 5.60. The van der Waals surface area contributed by atoms with E-state index in [-0.39, 0.29) is 0 Å². The lowest BCUT2D eigenvalue weighted by Gasteiger charge is -2.34. The molecule has 29 heavy (non-hydrogen) atoms. The third kappa shape index (κ3) is 4.88. The van der Waals surface area contributed by atoms with Crippen molar-refractivity contribution >= 4 is 0 Å². The van der Waals surface area contributed by atoms with Crippen molar-refractivity contribution in [2.24, 2.45) is 23.8 Å². The Kier molecular flexibility index (Phi) is 5.54. The van der Waals surface area contributed by atoms with Gasteiger partial charge in [-0.2, -0.15) is 15.3 Å². The summed E-state index contributed by atoms with van der Waals surface area (Å²) in [6.45, 7) is 12.9. The van der Waals surface area contributed by atoms with Crippen molar-refractivity contribution < 1.29 is 0 Å². The van der Waals surface area contributed by atoms with Crippen LogP contribution in [0.1, 0.15) is 64.3 Å². The van der Waals surface area contributed by atoms with Crippen LogP contribution in [-0.2, 0) is 13.5 Å². The number of aromatic nitrogens is 4. The molecular formula is C24H37N5. The quantitative estimate of drug-likeness (QED) is 0.714. The normalized spacial score (nSPS) is 21.6. The molecule has 1 saturated heterocycles. The van der Waals surface area contributed by atoms with E-state index in [0.29, 0.717) is 10.8 Å². The van der Waals surface area contributed by atoms with Crippen molar-refractivity contribution in [2.75, 3.05) is 19.6 Å². The Morgan fingerprint density at radius 3 is 2.48 bits per heavy atom. The minimum absolute atomic E-state index is 0.448. The summed E-state index contributed by atoms with van der Waals surface area (Å²) in [5.41, 5.74) is 5.22. The van der Waals surface area contributed by atoms with Gasteiger partial charge in [0.25, 0.3) is 0 Å². The smallest absolute Gasteiger partial charge is 0.0964 e. The first-order valence-corrected chi connectivity index (χ1v) is 11.3. The lowest BCUT2D eigenvalue weighted by atomic mass is 9.88. The molecule has 2 aliphatic rings. The van der Waals surface area contributed by atoms with Gasteiger partial charge in [0, 0.05) is 18.8 Å². The number of hydrogen-bond acceptors (Lipinski definition) is 4. The molecule has 1 saturated carbocycles. The van der Waals surface area contributed by atoms with Crippen LogP contribution in [0.25, 0.3) is 11.3 Å². The van der Waals surface area contributed by atoms with Crippen molar-refractivity contribution in [3.8, 4) is 11.3 Å². The molecule has 2 fully saturated rings. The average Bonchev–Trinajstić information content (AvgIpc) is 3.23. The molecule has 0 radical (unpaired) electrons. The molecule has 1 spiro atoms. The monoisotopic (exact) mass is 395 g/mol. The van der Waals surface area contributed by atoms with E-state index in [9.17, 15) is 0 Å². The number of hydrogen-bond donors (Lipinski definition) is 0. The Balaban J connectivity index is 1.24. The average molecular weight is 396 g/mol. The Morgan fingerprint density at radius 1 is 1.14 bits per heavy atom. The van der Waals surface area contributed by atoms with E-state index in [0.717, 1.165) is 35.0 Å². The maximum absolute atomic E-state index is 4.50.